The van der Waals surface area contributed by atoms with Crippen LogP contribution in [-0.4, -0.2) is 17.4 Å². The monoisotopic (exact) mass is 275 g/mol. The molecule has 0 saturated heterocycles. The highest BCUT2D eigenvalue weighted by molar-refractivity contribution is 6.01. The van der Waals surface area contributed by atoms with Gasteiger partial charge in [0.05, 0.1) is 5.54 Å². The van der Waals surface area contributed by atoms with E-state index >= 15 is 0 Å². The number of carbonyl (C=O) groups is 2. The second-order valence-electron chi connectivity index (χ2n) is 6.40. The predicted octanol–water partition coefficient (Wildman–Crippen LogP) is 2.10. The Morgan fingerprint density at radius 1 is 1.15 bits per heavy atom. The van der Waals surface area contributed by atoms with Gasteiger partial charge < -0.3 is 16.4 Å². The Balaban J connectivity index is 2.04. The Labute approximate surface area is 118 Å². The van der Waals surface area contributed by atoms with Crippen molar-refractivity contribution in [1.82, 2.24) is 0 Å². The largest absolute Gasteiger partial charge is 0.326 e. The van der Waals surface area contributed by atoms with Crippen molar-refractivity contribution in [1.29, 1.82) is 0 Å². The van der Waals surface area contributed by atoms with Crippen molar-refractivity contribution in [2.75, 3.05) is 10.6 Å². The molecular formula is C15H21N3O2. The first-order valence-corrected chi connectivity index (χ1v) is 6.73. The molecular weight excluding hydrogens is 254 g/mol. The number of hydrogen-bond acceptors (Lipinski definition) is 3. The first-order chi connectivity index (χ1) is 9.21. The van der Waals surface area contributed by atoms with E-state index in [4.69, 9.17) is 5.73 Å². The van der Waals surface area contributed by atoms with Gasteiger partial charge in [-0.05, 0) is 31.0 Å². The van der Waals surface area contributed by atoms with Crippen molar-refractivity contribution in [2.45, 2.75) is 39.2 Å². The van der Waals surface area contributed by atoms with E-state index < -0.39 is 11.0 Å². The number of amides is 2. The molecule has 1 aliphatic carbocycles. The molecule has 1 aliphatic rings. The van der Waals surface area contributed by atoms with Crippen LogP contribution in [0.5, 0.6) is 0 Å². The van der Waals surface area contributed by atoms with Crippen LogP contribution in [-0.2, 0) is 9.59 Å². The molecule has 4 N–H and O–H groups in total. The number of hydrogen-bond donors (Lipinski definition) is 3. The van der Waals surface area contributed by atoms with E-state index in [2.05, 4.69) is 10.6 Å². The van der Waals surface area contributed by atoms with Crippen LogP contribution in [0, 0.1) is 5.41 Å². The van der Waals surface area contributed by atoms with Gasteiger partial charge in [-0.2, -0.15) is 0 Å². The van der Waals surface area contributed by atoms with E-state index in [1.807, 2.05) is 20.8 Å². The van der Waals surface area contributed by atoms with Gasteiger partial charge in [0.15, 0.2) is 0 Å². The molecule has 0 aliphatic heterocycles. The number of carbonyl (C=O) groups excluding carboxylic acids is 2. The lowest BCUT2D eigenvalue weighted by atomic mass is 9.95. The summed E-state index contributed by atoms with van der Waals surface area (Å²) < 4.78 is 0. The molecule has 1 saturated carbocycles. The minimum Gasteiger partial charge on any atom is -0.326 e. The summed E-state index contributed by atoms with van der Waals surface area (Å²) in [6.45, 7) is 5.54. The molecule has 0 spiro atoms. The molecule has 1 aromatic carbocycles. The zero-order valence-electron chi connectivity index (χ0n) is 12.1. The standard InChI is InChI=1S/C15H21N3O2/c1-14(2,3)12(19)17-10-5-4-6-11(9-10)18-13(20)15(16)7-8-15/h4-6,9H,7-8,16H2,1-3H3,(H,17,19)(H,18,20). The molecule has 1 fully saturated rings. The van der Waals surface area contributed by atoms with Crippen LogP contribution >= 0.6 is 0 Å². The van der Waals surface area contributed by atoms with Crippen molar-refractivity contribution in [2.24, 2.45) is 11.1 Å². The molecule has 0 aromatic heterocycles. The van der Waals surface area contributed by atoms with Crippen molar-refractivity contribution in [3.05, 3.63) is 24.3 Å². The summed E-state index contributed by atoms with van der Waals surface area (Å²) in [5.41, 5.74) is 5.96. The molecule has 2 amide bonds. The van der Waals surface area contributed by atoms with Gasteiger partial charge in [-0.3, -0.25) is 9.59 Å². The van der Waals surface area contributed by atoms with Gasteiger partial charge in [0, 0.05) is 16.8 Å². The maximum Gasteiger partial charge on any atom is 0.244 e. The number of nitrogens with one attached hydrogen (secondary N) is 2. The molecule has 2 rings (SSSR count). The van der Waals surface area contributed by atoms with Crippen LogP contribution in [0.2, 0.25) is 0 Å². The van der Waals surface area contributed by atoms with E-state index in [-0.39, 0.29) is 11.8 Å². The molecule has 0 radical (unpaired) electrons. The second-order valence-corrected chi connectivity index (χ2v) is 6.40. The van der Waals surface area contributed by atoms with Gasteiger partial charge >= 0.3 is 0 Å². The van der Waals surface area contributed by atoms with Crippen molar-refractivity contribution < 1.29 is 9.59 Å². The SMILES string of the molecule is CC(C)(C)C(=O)Nc1cccc(NC(=O)C2(N)CC2)c1. The Hall–Kier alpha value is -1.88. The summed E-state index contributed by atoms with van der Waals surface area (Å²) in [5.74, 6) is -0.240. The van der Waals surface area contributed by atoms with Crippen LogP contribution in [0.1, 0.15) is 33.6 Å². The zero-order chi connectivity index (χ0) is 15.0. The fourth-order valence-electron chi connectivity index (χ4n) is 1.61. The van der Waals surface area contributed by atoms with E-state index in [1.54, 1.807) is 24.3 Å². The molecule has 0 heterocycles. The maximum atomic E-state index is 11.9. The summed E-state index contributed by atoms with van der Waals surface area (Å²) in [7, 11) is 0. The number of rotatable bonds is 3. The van der Waals surface area contributed by atoms with Gasteiger partial charge in [-0.15, -0.1) is 0 Å². The van der Waals surface area contributed by atoms with Crippen LogP contribution in [0.15, 0.2) is 24.3 Å². The molecule has 0 unspecified atom stereocenters. The lowest BCUT2D eigenvalue weighted by Crippen LogP contribution is -2.37. The van der Waals surface area contributed by atoms with E-state index in [0.29, 0.717) is 11.4 Å². The van der Waals surface area contributed by atoms with E-state index in [0.717, 1.165) is 12.8 Å². The highest BCUT2D eigenvalue weighted by atomic mass is 16.2. The quantitative estimate of drug-likeness (QED) is 0.789. The fourth-order valence-corrected chi connectivity index (χ4v) is 1.61. The van der Waals surface area contributed by atoms with Crippen LogP contribution in [0.3, 0.4) is 0 Å². The summed E-state index contributed by atoms with van der Waals surface area (Å²) >= 11 is 0. The normalized spacial score (nSPS) is 16.4. The summed E-state index contributed by atoms with van der Waals surface area (Å²) in [4.78, 5) is 23.8. The van der Waals surface area contributed by atoms with Crippen molar-refractivity contribution in [3.63, 3.8) is 0 Å². The first-order valence-electron chi connectivity index (χ1n) is 6.73. The number of nitrogens with two attached hydrogens (primary N) is 1. The molecule has 108 valence electrons. The summed E-state index contributed by atoms with van der Waals surface area (Å²) in [5, 5.41) is 5.61. The third-order valence-electron chi connectivity index (χ3n) is 3.30. The minimum absolute atomic E-state index is 0.0709. The van der Waals surface area contributed by atoms with Gasteiger partial charge in [-0.1, -0.05) is 26.8 Å². The Morgan fingerprint density at radius 2 is 1.70 bits per heavy atom. The van der Waals surface area contributed by atoms with Gasteiger partial charge in [-0.25, -0.2) is 0 Å². The molecule has 20 heavy (non-hydrogen) atoms. The molecule has 5 heteroatoms. The number of benzene rings is 1. The van der Waals surface area contributed by atoms with Crippen molar-refractivity contribution in [3.8, 4) is 0 Å². The second kappa shape index (κ2) is 4.90. The van der Waals surface area contributed by atoms with E-state index in [9.17, 15) is 9.59 Å². The third-order valence-corrected chi connectivity index (χ3v) is 3.30. The topological polar surface area (TPSA) is 84.2 Å². The van der Waals surface area contributed by atoms with Crippen LogP contribution < -0.4 is 16.4 Å². The highest BCUT2D eigenvalue weighted by Gasteiger charge is 2.45. The van der Waals surface area contributed by atoms with Gasteiger partial charge in [0.2, 0.25) is 11.8 Å². The summed E-state index contributed by atoms with van der Waals surface area (Å²) in [6.07, 6.45) is 1.44. The molecule has 5 nitrogen and oxygen atoms in total. The number of anilines is 2. The lowest BCUT2D eigenvalue weighted by molar-refractivity contribution is -0.123. The molecule has 0 atom stereocenters. The van der Waals surface area contributed by atoms with E-state index in [1.165, 1.54) is 0 Å². The third kappa shape index (κ3) is 3.36. The predicted molar refractivity (Wildman–Crippen MR) is 79.3 cm³/mol. The minimum atomic E-state index is -0.704. The average Bonchev–Trinajstić information content (AvgIpc) is 3.08. The Morgan fingerprint density at radius 3 is 2.20 bits per heavy atom. The molecule has 0 bridgehead atoms. The highest BCUT2D eigenvalue weighted by Crippen LogP contribution is 2.33. The first kappa shape index (κ1) is 14.5. The average molecular weight is 275 g/mol. The van der Waals surface area contributed by atoms with Crippen LogP contribution in [0.25, 0.3) is 0 Å². The fraction of sp³-hybridized carbons (Fsp3) is 0.467. The smallest absolute Gasteiger partial charge is 0.244 e. The van der Waals surface area contributed by atoms with Crippen LogP contribution in [0.4, 0.5) is 11.4 Å². The zero-order valence-corrected chi connectivity index (χ0v) is 12.1. The Bertz CT molecular complexity index is 508. The molecule has 1 aromatic rings. The lowest BCUT2D eigenvalue weighted by Gasteiger charge is -2.18. The Kier molecular flexibility index (Phi) is 3.56. The summed E-state index contributed by atoms with van der Waals surface area (Å²) in [6, 6.07) is 7.07. The van der Waals surface area contributed by atoms with Gasteiger partial charge in [0.1, 0.15) is 0 Å². The maximum absolute atomic E-state index is 11.9. The van der Waals surface area contributed by atoms with Crippen molar-refractivity contribution >= 4 is 23.2 Å². The van der Waals surface area contributed by atoms with Gasteiger partial charge in [0.25, 0.3) is 0 Å².